The van der Waals surface area contributed by atoms with Crippen LogP contribution in [0, 0.1) is 17.0 Å². The van der Waals surface area contributed by atoms with Gasteiger partial charge in [-0.25, -0.2) is 0 Å². The Labute approximate surface area is 116 Å². The van der Waals surface area contributed by atoms with Crippen molar-refractivity contribution in [2.45, 2.75) is 13.5 Å². The fraction of sp³-hybridized carbons (Fsp3) is 0.167. The molecule has 1 aromatic heterocycles. The fourth-order valence-electron chi connectivity index (χ4n) is 1.81. The zero-order valence-electron chi connectivity index (χ0n) is 10.4. The molecule has 1 aromatic carbocycles. The van der Waals surface area contributed by atoms with Crippen LogP contribution in [0.5, 0.6) is 0 Å². The molecule has 0 aliphatic carbocycles. The summed E-state index contributed by atoms with van der Waals surface area (Å²) in [6, 6.07) is 4.54. The number of thiazole rings is 1. The minimum atomic E-state index is -1.15. The van der Waals surface area contributed by atoms with E-state index in [1.807, 2.05) is 0 Å². The number of carboxylic acid groups (broad SMARTS) is 1. The highest BCUT2D eigenvalue weighted by Crippen LogP contribution is 2.27. The highest BCUT2D eigenvalue weighted by Gasteiger charge is 2.16. The van der Waals surface area contributed by atoms with E-state index in [9.17, 15) is 19.7 Å². The molecular weight excluding hydrogens is 284 g/mol. The van der Waals surface area contributed by atoms with Crippen LogP contribution in [0.3, 0.4) is 0 Å². The summed E-state index contributed by atoms with van der Waals surface area (Å²) in [5, 5.41) is 21.2. The van der Waals surface area contributed by atoms with Crippen molar-refractivity contribution in [3.05, 3.63) is 48.9 Å². The lowest BCUT2D eigenvalue weighted by molar-refractivity contribution is -0.385. The smallest absolute Gasteiger partial charge is 0.323 e. The van der Waals surface area contributed by atoms with E-state index in [4.69, 9.17) is 5.11 Å². The average Bonchev–Trinajstić information content (AvgIpc) is 2.71. The van der Waals surface area contributed by atoms with Gasteiger partial charge in [0.1, 0.15) is 6.54 Å². The zero-order chi connectivity index (χ0) is 14.9. The molecule has 104 valence electrons. The zero-order valence-corrected chi connectivity index (χ0v) is 11.2. The van der Waals surface area contributed by atoms with Crippen molar-refractivity contribution < 1.29 is 14.8 Å². The predicted octanol–water partition coefficient (Wildman–Crippen LogP) is 1.88. The Kier molecular flexibility index (Phi) is 3.66. The Bertz CT molecular complexity index is 747. The normalized spacial score (nSPS) is 10.4. The predicted molar refractivity (Wildman–Crippen MR) is 73.0 cm³/mol. The van der Waals surface area contributed by atoms with E-state index in [-0.39, 0.29) is 5.69 Å². The van der Waals surface area contributed by atoms with Crippen molar-refractivity contribution in [3.63, 3.8) is 0 Å². The number of carbonyl (C=O) groups is 1. The molecule has 0 spiro atoms. The molecule has 2 aromatic rings. The third kappa shape index (κ3) is 2.59. The maximum Gasteiger partial charge on any atom is 0.323 e. The highest BCUT2D eigenvalue weighted by molar-refractivity contribution is 7.07. The number of aryl methyl sites for hydroxylation is 1. The van der Waals surface area contributed by atoms with Crippen molar-refractivity contribution in [1.82, 2.24) is 4.57 Å². The molecule has 0 saturated heterocycles. The first-order chi connectivity index (χ1) is 9.40. The van der Waals surface area contributed by atoms with Crippen LogP contribution in [-0.2, 0) is 11.3 Å². The van der Waals surface area contributed by atoms with Gasteiger partial charge in [-0.2, -0.15) is 0 Å². The van der Waals surface area contributed by atoms with Gasteiger partial charge < -0.3 is 5.11 Å². The summed E-state index contributed by atoms with van der Waals surface area (Å²) in [7, 11) is 0. The molecule has 7 nitrogen and oxygen atoms in total. The third-order valence-corrected chi connectivity index (χ3v) is 3.54. The van der Waals surface area contributed by atoms with Crippen LogP contribution >= 0.6 is 11.3 Å². The summed E-state index contributed by atoms with van der Waals surface area (Å²) in [6.45, 7) is 1.14. The van der Waals surface area contributed by atoms with Gasteiger partial charge in [-0.15, -0.1) is 0 Å². The molecule has 2 rings (SSSR count). The van der Waals surface area contributed by atoms with Crippen LogP contribution in [0.4, 0.5) is 5.69 Å². The third-order valence-electron chi connectivity index (χ3n) is 2.78. The van der Waals surface area contributed by atoms with Crippen LogP contribution in [0.2, 0.25) is 0 Å². The fourth-order valence-corrected chi connectivity index (χ4v) is 2.57. The van der Waals surface area contributed by atoms with Gasteiger partial charge in [0.2, 0.25) is 0 Å². The SMILES string of the molecule is Cc1ccc(-c2csc(=O)n2CC(=O)O)cc1[N+](=O)[O-]. The highest BCUT2D eigenvalue weighted by atomic mass is 32.1. The number of aromatic nitrogens is 1. The first-order valence-electron chi connectivity index (χ1n) is 5.55. The molecule has 1 N–H and O–H groups in total. The molecule has 0 saturated carbocycles. The van der Waals surface area contributed by atoms with Crippen LogP contribution in [0.1, 0.15) is 5.56 Å². The Hall–Kier alpha value is -2.48. The number of aliphatic carboxylic acids is 1. The van der Waals surface area contributed by atoms with Crippen LogP contribution in [0.25, 0.3) is 11.3 Å². The van der Waals surface area contributed by atoms with Gasteiger partial charge >= 0.3 is 10.8 Å². The second kappa shape index (κ2) is 5.25. The summed E-state index contributed by atoms with van der Waals surface area (Å²) < 4.78 is 1.08. The number of benzene rings is 1. The number of hydrogen-bond acceptors (Lipinski definition) is 5. The molecule has 0 aliphatic rings. The lowest BCUT2D eigenvalue weighted by atomic mass is 10.1. The van der Waals surface area contributed by atoms with Crippen molar-refractivity contribution in [2.75, 3.05) is 0 Å². The molecule has 0 bridgehead atoms. The standard InChI is InChI=1S/C12H10N2O5S/c1-7-2-3-8(4-9(7)14(18)19)10-6-20-12(17)13(10)5-11(15)16/h2-4,6H,5H2,1H3,(H,15,16). The van der Waals surface area contributed by atoms with Crippen molar-refractivity contribution in [1.29, 1.82) is 0 Å². The number of nitro groups is 1. The molecule has 0 aliphatic heterocycles. The lowest BCUT2D eigenvalue weighted by Crippen LogP contribution is -2.19. The summed E-state index contributed by atoms with van der Waals surface area (Å²) in [5.74, 6) is -1.15. The molecular formula is C12H10N2O5S. The maximum atomic E-state index is 11.6. The van der Waals surface area contributed by atoms with Crippen LogP contribution in [-0.4, -0.2) is 20.6 Å². The van der Waals surface area contributed by atoms with Gasteiger partial charge in [0.15, 0.2) is 0 Å². The lowest BCUT2D eigenvalue weighted by Gasteiger charge is -2.06. The number of nitro benzene ring substituents is 1. The van der Waals surface area contributed by atoms with Gasteiger partial charge in [0.25, 0.3) is 5.69 Å². The number of rotatable bonds is 4. The first kappa shape index (κ1) is 13.9. The number of nitrogens with zero attached hydrogens (tertiary/aromatic N) is 2. The second-order valence-electron chi connectivity index (χ2n) is 4.13. The molecule has 0 amide bonds. The van der Waals surface area contributed by atoms with E-state index in [0.717, 1.165) is 15.9 Å². The molecule has 1 heterocycles. The first-order valence-corrected chi connectivity index (χ1v) is 6.43. The summed E-state index contributed by atoms with van der Waals surface area (Å²) in [6.07, 6.45) is 0. The van der Waals surface area contributed by atoms with Crippen LogP contribution in [0.15, 0.2) is 28.4 Å². The average molecular weight is 294 g/mol. The van der Waals surface area contributed by atoms with E-state index >= 15 is 0 Å². The Balaban J connectivity index is 2.58. The topological polar surface area (TPSA) is 102 Å². The van der Waals surface area contributed by atoms with E-state index in [0.29, 0.717) is 16.8 Å². The van der Waals surface area contributed by atoms with E-state index in [1.54, 1.807) is 19.1 Å². The van der Waals surface area contributed by atoms with Gasteiger partial charge in [-0.05, 0) is 6.92 Å². The number of carboxylic acids is 1. The Morgan fingerprint density at radius 1 is 1.50 bits per heavy atom. The van der Waals surface area contributed by atoms with Gasteiger partial charge in [-0.1, -0.05) is 23.5 Å². The minimum absolute atomic E-state index is 0.0666. The monoisotopic (exact) mass is 294 g/mol. The quantitative estimate of drug-likeness (QED) is 0.685. The molecule has 8 heteroatoms. The molecule has 20 heavy (non-hydrogen) atoms. The summed E-state index contributed by atoms with van der Waals surface area (Å²) >= 11 is 0.861. The minimum Gasteiger partial charge on any atom is -0.480 e. The summed E-state index contributed by atoms with van der Waals surface area (Å²) in [4.78, 5) is 32.4. The van der Waals surface area contributed by atoms with Gasteiger partial charge in [0.05, 0.1) is 10.6 Å². The molecule has 0 radical (unpaired) electrons. The van der Waals surface area contributed by atoms with Crippen molar-refractivity contribution in [3.8, 4) is 11.3 Å². The van der Waals surface area contributed by atoms with E-state index in [2.05, 4.69) is 0 Å². The maximum absolute atomic E-state index is 11.6. The van der Waals surface area contributed by atoms with Gasteiger partial charge in [0, 0.05) is 22.6 Å². The number of hydrogen-bond donors (Lipinski definition) is 1. The molecule has 0 unspecified atom stereocenters. The Morgan fingerprint density at radius 3 is 2.80 bits per heavy atom. The van der Waals surface area contributed by atoms with E-state index < -0.39 is 22.3 Å². The molecule has 0 atom stereocenters. The summed E-state index contributed by atoms with van der Waals surface area (Å²) in [5.41, 5.74) is 1.25. The van der Waals surface area contributed by atoms with Crippen molar-refractivity contribution >= 4 is 23.0 Å². The van der Waals surface area contributed by atoms with Crippen molar-refractivity contribution in [2.24, 2.45) is 0 Å². The molecule has 0 fully saturated rings. The second-order valence-corrected chi connectivity index (χ2v) is 4.95. The Morgan fingerprint density at radius 2 is 2.20 bits per heavy atom. The largest absolute Gasteiger partial charge is 0.480 e. The van der Waals surface area contributed by atoms with Crippen LogP contribution < -0.4 is 4.87 Å². The van der Waals surface area contributed by atoms with Gasteiger partial charge in [-0.3, -0.25) is 24.3 Å². The van der Waals surface area contributed by atoms with E-state index in [1.165, 1.54) is 11.4 Å².